The van der Waals surface area contributed by atoms with E-state index in [2.05, 4.69) is 11.9 Å². The van der Waals surface area contributed by atoms with Crippen molar-refractivity contribution in [2.24, 2.45) is 5.73 Å². The zero-order valence-electron chi connectivity index (χ0n) is 7.05. The summed E-state index contributed by atoms with van der Waals surface area (Å²) in [7, 11) is 2.06. The highest BCUT2D eigenvalue weighted by Gasteiger charge is 2.19. The Labute approximate surface area is 67.5 Å². The molecular formula is C8H16N2O. The molecule has 1 atom stereocenters. The molecule has 0 saturated carbocycles. The van der Waals surface area contributed by atoms with Crippen LogP contribution >= 0.6 is 0 Å². The molecule has 3 heteroatoms. The Kier molecular flexibility index (Phi) is 2.88. The number of primary amides is 1. The van der Waals surface area contributed by atoms with Gasteiger partial charge in [0.15, 0.2) is 0 Å². The fourth-order valence-corrected chi connectivity index (χ4v) is 1.63. The van der Waals surface area contributed by atoms with E-state index < -0.39 is 0 Å². The summed E-state index contributed by atoms with van der Waals surface area (Å²) >= 11 is 0. The maximum absolute atomic E-state index is 10.6. The molecule has 2 N–H and O–H groups in total. The molecule has 0 radical (unpaired) electrons. The molecule has 64 valence electrons. The van der Waals surface area contributed by atoms with Crippen molar-refractivity contribution in [2.45, 2.75) is 31.7 Å². The largest absolute Gasteiger partial charge is 0.370 e. The molecule has 1 amide bonds. The van der Waals surface area contributed by atoms with E-state index in [0.29, 0.717) is 12.5 Å². The fraction of sp³-hybridized carbons (Fsp3) is 0.875. The number of hydrogen-bond donors (Lipinski definition) is 1. The van der Waals surface area contributed by atoms with Crippen molar-refractivity contribution in [1.82, 2.24) is 4.90 Å². The third-order valence-electron chi connectivity index (χ3n) is 2.36. The minimum atomic E-state index is -0.177. The van der Waals surface area contributed by atoms with Gasteiger partial charge < -0.3 is 10.6 Å². The van der Waals surface area contributed by atoms with Gasteiger partial charge in [-0.05, 0) is 26.4 Å². The molecule has 1 heterocycles. The van der Waals surface area contributed by atoms with Gasteiger partial charge >= 0.3 is 0 Å². The van der Waals surface area contributed by atoms with E-state index in [1.807, 2.05) is 0 Å². The summed E-state index contributed by atoms with van der Waals surface area (Å²) < 4.78 is 0. The molecule has 11 heavy (non-hydrogen) atoms. The quantitative estimate of drug-likeness (QED) is 0.627. The zero-order chi connectivity index (χ0) is 8.27. The van der Waals surface area contributed by atoms with Gasteiger partial charge in [-0.25, -0.2) is 0 Å². The van der Waals surface area contributed by atoms with E-state index in [0.717, 1.165) is 13.0 Å². The van der Waals surface area contributed by atoms with Gasteiger partial charge in [0.25, 0.3) is 0 Å². The Morgan fingerprint density at radius 2 is 2.36 bits per heavy atom. The lowest BCUT2D eigenvalue weighted by Gasteiger charge is -2.31. The number of nitrogens with two attached hydrogens (primary N) is 1. The number of piperidine rings is 1. The van der Waals surface area contributed by atoms with Crippen LogP contribution in [-0.2, 0) is 4.79 Å². The maximum Gasteiger partial charge on any atom is 0.218 e. The zero-order valence-corrected chi connectivity index (χ0v) is 7.05. The second-order valence-electron chi connectivity index (χ2n) is 3.30. The van der Waals surface area contributed by atoms with Gasteiger partial charge in [-0.3, -0.25) is 4.79 Å². The van der Waals surface area contributed by atoms with Gasteiger partial charge in [-0.15, -0.1) is 0 Å². The van der Waals surface area contributed by atoms with Crippen LogP contribution in [0.2, 0.25) is 0 Å². The van der Waals surface area contributed by atoms with Crippen molar-refractivity contribution in [1.29, 1.82) is 0 Å². The van der Waals surface area contributed by atoms with Gasteiger partial charge in [-0.2, -0.15) is 0 Å². The summed E-state index contributed by atoms with van der Waals surface area (Å²) in [4.78, 5) is 12.8. The first-order valence-corrected chi connectivity index (χ1v) is 4.18. The second-order valence-corrected chi connectivity index (χ2v) is 3.30. The van der Waals surface area contributed by atoms with E-state index in [-0.39, 0.29) is 5.91 Å². The summed E-state index contributed by atoms with van der Waals surface area (Å²) in [6, 6.07) is 0.404. The van der Waals surface area contributed by atoms with Crippen LogP contribution in [0.5, 0.6) is 0 Å². The molecule has 1 aliphatic heterocycles. The summed E-state index contributed by atoms with van der Waals surface area (Å²) in [5, 5.41) is 0. The summed E-state index contributed by atoms with van der Waals surface area (Å²) in [6.07, 6.45) is 4.14. The van der Waals surface area contributed by atoms with Crippen LogP contribution in [0.4, 0.5) is 0 Å². The molecular weight excluding hydrogens is 140 g/mol. The van der Waals surface area contributed by atoms with Crippen LogP contribution in [0.1, 0.15) is 25.7 Å². The molecule has 3 nitrogen and oxygen atoms in total. The lowest BCUT2D eigenvalue weighted by Crippen LogP contribution is -2.38. The first-order valence-electron chi connectivity index (χ1n) is 4.18. The Hall–Kier alpha value is -0.570. The van der Waals surface area contributed by atoms with Crippen molar-refractivity contribution in [3.05, 3.63) is 0 Å². The van der Waals surface area contributed by atoms with Crippen LogP contribution < -0.4 is 5.73 Å². The predicted molar refractivity (Wildman–Crippen MR) is 44.1 cm³/mol. The number of hydrogen-bond acceptors (Lipinski definition) is 2. The number of nitrogens with zero attached hydrogens (tertiary/aromatic N) is 1. The standard InChI is InChI=1S/C8H16N2O/c1-10-5-3-2-4-7(10)6-8(9)11/h7H,2-6H2,1H3,(H2,9,11). The molecule has 1 saturated heterocycles. The van der Waals surface area contributed by atoms with Crippen molar-refractivity contribution in [2.75, 3.05) is 13.6 Å². The minimum absolute atomic E-state index is 0.177. The van der Waals surface area contributed by atoms with E-state index in [1.54, 1.807) is 0 Å². The summed E-state index contributed by atoms with van der Waals surface area (Å²) in [6.45, 7) is 1.11. The SMILES string of the molecule is CN1CCCCC1CC(N)=O. The molecule has 1 fully saturated rings. The molecule has 0 aliphatic carbocycles. The van der Waals surface area contributed by atoms with Gasteiger partial charge in [0, 0.05) is 12.5 Å². The van der Waals surface area contributed by atoms with E-state index in [9.17, 15) is 4.79 Å². The fourth-order valence-electron chi connectivity index (χ4n) is 1.63. The molecule has 0 bridgehead atoms. The maximum atomic E-state index is 10.6. The normalized spacial score (nSPS) is 26.8. The van der Waals surface area contributed by atoms with Crippen LogP contribution in [0.25, 0.3) is 0 Å². The van der Waals surface area contributed by atoms with Crippen molar-refractivity contribution in [3.63, 3.8) is 0 Å². The highest BCUT2D eigenvalue weighted by Crippen LogP contribution is 2.16. The lowest BCUT2D eigenvalue weighted by molar-refractivity contribution is -0.119. The third kappa shape index (κ3) is 2.50. The molecule has 1 rings (SSSR count). The number of rotatable bonds is 2. The first-order chi connectivity index (χ1) is 5.20. The van der Waals surface area contributed by atoms with Crippen LogP contribution in [0.3, 0.4) is 0 Å². The molecule has 0 spiro atoms. The van der Waals surface area contributed by atoms with Crippen molar-refractivity contribution < 1.29 is 4.79 Å². The van der Waals surface area contributed by atoms with Crippen LogP contribution in [0.15, 0.2) is 0 Å². The van der Waals surface area contributed by atoms with Crippen molar-refractivity contribution in [3.8, 4) is 0 Å². The molecule has 0 aromatic rings. The summed E-state index contributed by atoms with van der Waals surface area (Å²) in [5.41, 5.74) is 5.12. The van der Waals surface area contributed by atoms with Crippen molar-refractivity contribution >= 4 is 5.91 Å². The van der Waals surface area contributed by atoms with Gasteiger partial charge in [0.05, 0.1) is 0 Å². The smallest absolute Gasteiger partial charge is 0.218 e. The molecule has 0 aromatic carbocycles. The Bertz CT molecular complexity index is 147. The van der Waals surface area contributed by atoms with Gasteiger partial charge in [0.2, 0.25) is 5.91 Å². The highest BCUT2D eigenvalue weighted by atomic mass is 16.1. The van der Waals surface area contributed by atoms with Crippen LogP contribution in [-0.4, -0.2) is 30.4 Å². The predicted octanol–water partition coefficient (Wildman–Crippen LogP) is 0.346. The second kappa shape index (κ2) is 3.72. The summed E-state index contributed by atoms with van der Waals surface area (Å²) in [5.74, 6) is -0.177. The first kappa shape index (κ1) is 8.53. The Morgan fingerprint density at radius 1 is 1.64 bits per heavy atom. The third-order valence-corrected chi connectivity index (χ3v) is 2.36. The number of likely N-dealkylation sites (tertiary alicyclic amines) is 1. The van der Waals surface area contributed by atoms with E-state index >= 15 is 0 Å². The average Bonchev–Trinajstić information content (AvgIpc) is 1.93. The Morgan fingerprint density at radius 3 is 2.91 bits per heavy atom. The monoisotopic (exact) mass is 156 g/mol. The van der Waals surface area contributed by atoms with Gasteiger partial charge in [-0.1, -0.05) is 6.42 Å². The highest BCUT2D eigenvalue weighted by molar-refractivity contribution is 5.74. The number of carbonyl (C=O) groups excluding carboxylic acids is 1. The van der Waals surface area contributed by atoms with Gasteiger partial charge in [0.1, 0.15) is 0 Å². The Balaban J connectivity index is 2.35. The van der Waals surface area contributed by atoms with Crippen LogP contribution in [0, 0.1) is 0 Å². The average molecular weight is 156 g/mol. The van der Waals surface area contributed by atoms with E-state index in [1.165, 1.54) is 12.8 Å². The molecule has 1 aliphatic rings. The number of carbonyl (C=O) groups is 1. The molecule has 1 unspecified atom stereocenters. The van der Waals surface area contributed by atoms with E-state index in [4.69, 9.17) is 5.73 Å². The topological polar surface area (TPSA) is 46.3 Å². The minimum Gasteiger partial charge on any atom is -0.370 e. The number of amides is 1. The lowest BCUT2D eigenvalue weighted by atomic mass is 10.0. The molecule has 0 aromatic heterocycles.